The Bertz CT molecular complexity index is 3730. The highest BCUT2D eigenvalue weighted by molar-refractivity contribution is 7.13. The molecule has 2 unspecified atom stereocenters. The van der Waals surface area contributed by atoms with E-state index in [0.29, 0.717) is 42.0 Å². The maximum Gasteiger partial charge on any atom is 0.410 e. The van der Waals surface area contributed by atoms with E-state index < -0.39 is 52.7 Å². The molecule has 1 saturated carbocycles. The number of pyridine rings is 1. The summed E-state index contributed by atoms with van der Waals surface area (Å²) in [7, 11) is 1.48. The number of aliphatic hydroxyl groups is 1. The number of carbonyl (C=O) groups excluding carboxylic acids is 4. The van der Waals surface area contributed by atoms with Gasteiger partial charge in [-0.1, -0.05) is 57.0 Å². The number of nitrogens with one attached hydrogen (secondary N) is 2. The number of likely N-dealkylation sites (tertiary alicyclic amines) is 2. The summed E-state index contributed by atoms with van der Waals surface area (Å²) in [6.45, 7) is 18.3. The number of ether oxygens (including phenoxy) is 5. The molecule has 3 N–H and O–H groups in total. The van der Waals surface area contributed by atoms with Gasteiger partial charge in [-0.25, -0.2) is 18.6 Å². The summed E-state index contributed by atoms with van der Waals surface area (Å²) >= 11 is 1.57. The zero-order valence-electron chi connectivity index (χ0n) is 53.3. The number of hydrogen-bond donors (Lipinski definition) is 3. The van der Waals surface area contributed by atoms with Crippen LogP contribution in [0.25, 0.3) is 43.4 Å². The number of hydrogen-bond acceptors (Lipinski definition) is 17. The van der Waals surface area contributed by atoms with E-state index in [1.165, 1.54) is 24.3 Å². The van der Waals surface area contributed by atoms with Crippen LogP contribution in [0.4, 0.5) is 19.4 Å². The number of piperidine rings is 1. The Morgan fingerprint density at radius 3 is 2.30 bits per heavy atom. The van der Waals surface area contributed by atoms with Crippen LogP contribution in [0.5, 0.6) is 11.8 Å². The van der Waals surface area contributed by atoms with Crippen LogP contribution in [0.3, 0.4) is 0 Å². The van der Waals surface area contributed by atoms with Crippen LogP contribution in [0.15, 0.2) is 60.2 Å². The smallest absolute Gasteiger partial charge is 0.410 e. The zero-order chi connectivity index (χ0) is 64.7. The summed E-state index contributed by atoms with van der Waals surface area (Å²) in [5, 5.41) is 17.9. The largest absolute Gasteiger partial charge is 0.468 e. The molecule has 0 spiro atoms. The molecule has 5 fully saturated rings. The maximum atomic E-state index is 17.7. The van der Waals surface area contributed by atoms with Gasteiger partial charge in [-0.15, -0.1) is 17.8 Å². The number of amides is 4. The lowest BCUT2D eigenvalue weighted by Gasteiger charge is -2.42. The number of methoxy groups -OCH3 is 1. The van der Waals surface area contributed by atoms with E-state index >= 15 is 8.78 Å². The highest BCUT2D eigenvalue weighted by Crippen LogP contribution is 2.48. The predicted octanol–water partition coefficient (Wildman–Crippen LogP) is 9.36. The van der Waals surface area contributed by atoms with Gasteiger partial charge in [0.05, 0.1) is 64.5 Å². The van der Waals surface area contributed by atoms with Gasteiger partial charge in [0.25, 0.3) is 0 Å². The van der Waals surface area contributed by atoms with Gasteiger partial charge in [-0.2, -0.15) is 9.97 Å². The summed E-state index contributed by atoms with van der Waals surface area (Å²) in [5.41, 5.74) is 3.02. The number of terminal acetylenes is 1. The van der Waals surface area contributed by atoms with E-state index in [1.54, 1.807) is 29.5 Å². The summed E-state index contributed by atoms with van der Waals surface area (Å²) < 4.78 is 62.6. The molecule has 6 atom stereocenters. The Balaban J connectivity index is 0.721. The highest BCUT2D eigenvalue weighted by atomic mass is 32.1. The first-order chi connectivity index (χ1) is 43.4. The van der Waals surface area contributed by atoms with E-state index in [0.717, 1.165) is 79.9 Å². The van der Waals surface area contributed by atoms with Crippen LogP contribution < -0.4 is 25.0 Å². The third-order valence-corrected chi connectivity index (χ3v) is 19.2. The highest BCUT2D eigenvalue weighted by Gasteiger charge is 2.48. The molecule has 4 aliphatic heterocycles. The molecule has 91 heavy (non-hydrogen) atoms. The second-order valence-corrected chi connectivity index (χ2v) is 28.1. The molecule has 5 aliphatic rings. The van der Waals surface area contributed by atoms with Gasteiger partial charge < -0.3 is 54.1 Å². The van der Waals surface area contributed by atoms with Crippen LogP contribution in [-0.4, -0.2) is 172 Å². The Morgan fingerprint density at radius 2 is 1.65 bits per heavy atom. The first kappa shape index (κ1) is 64.9. The number of β-amino-alcohol motifs (C(OH)–C–C–N with tert-alkyl or cyclic N) is 1. The molecule has 7 heterocycles. The summed E-state index contributed by atoms with van der Waals surface area (Å²) in [4.78, 5) is 82.9. The van der Waals surface area contributed by atoms with Gasteiger partial charge in [0.1, 0.15) is 52.9 Å². The van der Waals surface area contributed by atoms with Gasteiger partial charge in [0.2, 0.25) is 17.7 Å². The first-order valence-electron chi connectivity index (χ1n) is 31.4. The van der Waals surface area contributed by atoms with E-state index in [1.807, 2.05) is 95.0 Å². The molecule has 1 aliphatic carbocycles. The number of aryl methyl sites for hydroxylation is 1. The molecule has 3 aromatic heterocycles. The van der Waals surface area contributed by atoms with Crippen molar-refractivity contribution in [2.45, 2.75) is 142 Å². The monoisotopic (exact) mass is 1270 g/mol. The number of aromatic nitrogens is 4. The third kappa shape index (κ3) is 14.4. The summed E-state index contributed by atoms with van der Waals surface area (Å²) in [5.74, 6) is 0.656. The van der Waals surface area contributed by atoms with Gasteiger partial charge >= 0.3 is 12.1 Å². The van der Waals surface area contributed by atoms with Crippen molar-refractivity contribution in [3.05, 3.63) is 88.7 Å². The molecule has 0 radical (unpaired) electrons. The number of anilines is 1. The molecule has 4 saturated heterocycles. The second kappa shape index (κ2) is 26.5. The number of halogens is 2. The Morgan fingerprint density at radius 1 is 0.923 bits per heavy atom. The lowest BCUT2D eigenvalue weighted by molar-refractivity contribution is -0.144. The lowest BCUT2D eigenvalue weighted by atomic mass is 9.85. The molecule has 2 bridgehead atoms. The van der Waals surface area contributed by atoms with E-state index in [2.05, 4.69) is 31.4 Å². The van der Waals surface area contributed by atoms with Crippen molar-refractivity contribution >= 4 is 62.6 Å². The second-order valence-electron chi connectivity index (χ2n) is 27.3. The number of carbonyl (C=O) groups is 4. The molecule has 4 amide bonds. The van der Waals surface area contributed by atoms with Crippen LogP contribution in [-0.2, 0) is 28.6 Å². The van der Waals surface area contributed by atoms with Gasteiger partial charge in [0.15, 0.2) is 12.6 Å². The maximum absolute atomic E-state index is 17.7. The minimum atomic E-state index is -0.996. The molecule has 3 aromatic carbocycles. The molecular weight excluding hydrogens is 1190 g/mol. The van der Waals surface area contributed by atoms with E-state index in [-0.39, 0.29) is 108 Å². The summed E-state index contributed by atoms with van der Waals surface area (Å²) in [6.07, 6.45) is 11.2. The van der Waals surface area contributed by atoms with Crippen molar-refractivity contribution < 1.29 is 56.7 Å². The Kier molecular flexibility index (Phi) is 18.9. The Hall–Kier alpha value is -7.62. The van der Waals surface area contributed by atoms with Crippen molar-refractivity contribution in [3.8, 4) is 45.8 Å². The van der Waals surface area contributed by atoms with Crippen molar-refractivity contribution in [2.75, 3.05) is 77.9 Å². The van der Waals surface area contributed by atoms with Gasteiger partial charge in [0, 0.05) is 62.3 Å². The number of aliphatic hydroxyl groups excluding tert-OH is 1. The quantitative estimate of drug-likeness (QED) is 0.0478. The number of piperazine rings is 1. The van der Waals surface area contributed by atoms with Crippen LogP contribution in [0.2, 0.25) is 0 Å². The SMILES string of the molecule is C#Cc1c(F)ccc2cc(OCOC)cc(-c3ncc4c(N5CC6CCC(C5)N6C(=O)OC(C)(C)C)nc(OCC5(CN6CCC(COCC(=O)N[C@H](C(=O)N7C[C@H](O)C[C@H]7C(=O)N[C@@H](C)c7ccc(-c8scnc8C)cc7)C(C)(C)C)CC6)CC5)nc4c3F)c12. The zero-order valence-corrected chi connectivity index (χ0v) is 54.1. The van der Waals surface area contributed by atoms with Crippen LogP contribution in [0.1, 0.15) is 116 Å². The molecule has 23 heteroatoms. The minimum absolute atomic E-state index is 0.0181. The van der Waals surface area contributed by atoms with Crippen molar-refractivity contribution in [2.24, 2.45) is 16.7 Å². The standard InChI is InChI=1S/C68H82F2N10O10S/c1-11-49-52(69)19-16-44-26-48(89-38-86-10)28-50(55(44)49)57-56(70)58-51(29-71-57)61(78-30-45-17-18-46(31-78)80(45)65(85)90-67(7,8)9)76-64(75-58)88-36-68(22-23-68)35-77-24-20-41(21-25-77)33-87-34-54(82)74-60(66(4,5)6)63(84)79-32-47(81)27-53(79)62(83)73-39(2)42-12-14-43(15-13-42)59-40(3)72-37-91-59/h1,12-16,19,26,28-29,37,39,41,45-47,53,60,81H,17-18,20-25,27,30-36,38H2,2-10H3,(H,73,83)(H,74,82)/t39-,45?,46?,47+,53-,60+/m0/s1. The fourth-order valence-corrected chi connectivity index (χ4v) is 14.0. The molecule has 11 rings (SSSR count). The number of thiazole rings is 1. The first-order valence-corrected chi connectivity index (χ1v) is 32.3. The predicted molar refractivity (Wildman–Crippen MR) is 341 cm³/mol. The summed E-state index contributed by atoms with van der Waals surface area (Å²) in [6, 6.07) is 11.3. The van der Waals surface area contributed by atoms with E-state index in [4.69, 9.17) is 40.1 Å². The number of benzene rings is 3. The molecule has 6 aromatic rings. The number of rotatable bonds is 20. The number of fused-ring (bicyclic) bond motifs is 4. The van der Waals surface area contributed by atoms with E-state index in [9.17, 15) is 24.3 Å². The number of nitrogens with zero attached hydrogens (tertiary/aromatic N) is 8. The van der Waals surface area contributed by atoms with Crippen molar-refractivity contribution in [1.29, 1.82) is 0 Å². The van der Waals surface area contributed by atoms with Gasteiger partial charge in [-0.3, -0.25) is 24.3 Å². The van der Waals surface area contributed by atoms with Crippen molar-refractivity contribution in [3.63, 3.8) is 0 Å². The topological polar surface area (TPSA) is 223 Å². The lowest BCUT2D eigenvalue weighted by Crippen LogP contribution is -2.58. The van der Waals surface area contributed by atoms with Crippen LogP contribution >= 0.6 is 11.3 Å². The fourth-order valence-electron chi connectivity index (χ4n) is 13.2. The third-order valence-electron chi connectivity index (χ3n) is 18.2. The molecular formula is C68H82F2N10O10S. The normalized spacial score (nSPS) is 20.8. The fraction of sp³-hybridized carbons (Fsp3) is 0.529. The molecule has 20 nitrogen and oxygen atoms in total. The average molecular weight is 1270 g/mol. The average Bonchev–Trinajstić information content (AvgIpc) is 1.68. The Labute approximate surface area is 533 Å². The van der Waals surface area contributed by atoms with Crippen molar-refractivity contribution in [1.82, 2.24) is 45.3 Å². The molecule has 484 valence electrons. The minimum Gasteiger partial charge on any atom is -0.468 e. The van der Waals surface area contributed by atoms with Gasteiger partial charge in [-0.05, 0) is 132 Å². The van der Waals surface area contributed by atoms with Crippen LogP contribution in [0, 0.1) is 47.6 Å².